The lowest BCUT2D eigenvalue weighted by Gasteiger charge is -2.15. The van der Waals surface area contributed by atoms with Gasteiger partial charge in [-0.2, -0.15) is 27.3 Å². The Balaban J connectivity index is 1.99. The van der Waals surface area contributed by atoms with Crippen LogP contribution in [0.3, 0.4) is 0 Å². The lowest BCUT2D eigenvalue weighted by Crippen LogP contribution is -2.42. The van der Waals surface area contributed by atoms with Crippen molar-refractivity contribution >= 4 is 5.91 Å². The van der Waals surface area contributed by atoms with Crippen LogP contribution in [-0.4, -0.2) is 57.4 Å². The van der Waals surface area contributed by atoms with Crippen LogP contribution in [0.15, 0.2) is 59.7 Å². The van der Waals surface area contributed by atoms with Crippen molar-refractivity contribution in [3.05, 3.63) is 70.8 Å². The highest BCUT2D eigenvalue weighted by Gasteiger charge is 2.38. The summed E-state index contributed by atoms with van der Waals surface area (Å²) in [4.78, 5) is 29.2. The fraction of sp³-hybridized carbons (Fsp3) is 0.238. The maximum Gasteiger partial charge on any atom is 0.416 e. The molecule has 0 aliphatic carbocycles. The molecule has 3 rings (SSSR count). The molecule has 2 aromatic heterocycles. The molecule has 0 saturated heterocycles. The van der Waals surface area contributed by atoms with Gasteiger partial charge in [0.2, 0.25) is 0 Å². The van der Waals surface area contributed by atoms with Gasteiger partial charge in [-0.15, -0.1) is 0 Å². The van der Waals surface area contributed by atoms with Gasteiger partial charge < -0.3 is 15.2 Å². The molecule has 0 spiro atoms. The van der Waals surface area contributed by atoms with Gasteiger partial charge >= 0.3 is 12.6 Å². The number of halogens is 6. The van der Waals surface area contributed by atoms with Crippen LogP contribution >= 0.6 is 0 Å². The first-order valence-electron chi connectivity index (χ1n) is 9.74. The van der Waals surface area contributed by atoms with Crippen molar-refractivity contribution in [2.24, 2.45) is 0 Å². The Morgan fingerprint density at radius 3 is 2.40 bits per heavy atom. The van der Waals surface area contributed by atoms with Crippen LogP contribution in [0, 0.1) is 0 Å². The van der Waals surface area contributed by atoms with Crippen LogP contribution in [0.2, 0.25) is 0 Å². The molecule has 0 bridgehead atoms. The average molecular weight is 502 g/mol. The summed E-state index contributed by atoms with van der Waals surface area (Å²) < 4.78 is 80.7. The van der Waals surface area contributed by atoms with Gasteiger partial charge in [0.05, 0.1) is 24.1 Å². The van der Waals surface area contributed by atoms with E-state index >= 15 is 0 Å². The molecule has 3 aromatic rings. The zero-order valence-corrected chi connectivity index (χ0v) is 17.4. The topological polar surface area (TPSA) is 106 Å². The molecular formula is C21H16F6N4O4. The molecule has 0 aliphatic heterocycles. The lowest BCUT2D eigenvalue weighted by atomic mass is 10.1. The number of aromatic nitrogens is 3. The summed E-state index contributed by atoms with van der Waals surface area (Å²) in [5.74, 6) is -1.45. The number of hydrogen-bond donors (Lipinski definition) is 2. The van der Waals surface area contributed by atoms with E-state index in [1.807, 2.05) is 5.32 Å². The molecule has 0 aliphatic rings. The second-order valence-corrected chi connectivity index (χ2v) is 6.97. The molecule has 35 heavy (non-hydrogen) atoms. The van der Waals surface area contributed by atoms with Gasteiger partial charge in [-0.25, -0.2) is 8.78 Å². The van der Waals surface area contributed by atoms with Crippen LogP contribution < -0.4 is 15.6 Å². The summed E-state index contributed by atoms with van der Waals surface area (Å²) in [6, 6.07) is 8.75. The number of pyridine rings is 1. The monoisotopic (exact) mass is 502 g/mol. The molecule has 1 aromatic carbocycles. The number of hydrogen-bond acceptors (Lipinski definition) is 6. The van der Waals surface area contributed by atoms with Crippen LogP contribution in [0.4, 0.5) is 26.3 Å². The molecule has 0 radical (unpaired) electrons. The molecule has 8 nitrogen and oxygen atoms in total. The van der Waals surface area contributed by atoms with E-state index in [-0.39, 0.29) is 22.7 Å². The van der Waals surface area contributed by atoms with Gasteiger partial charge in [0, 0.05) is 11.8 Å². The number of carbonyl (C=O) groups excluding carboxylic acids is 1. The van der Waals surface area contributed by atoms with Crippen molar-refractivity contribution in [1.82, 2.24) is 20.1 Å². The molecule has 2 N–H and O–H groups in total. The number of nitrogens with one attached hydrogen (secondary N) is 1. The van der Waals surface area contributed by atoms with Crippen LogP contribution in [0.25, 0.3) is 16.9 Å². The third kappa shape index (κ3) is 6.35. The molecule has 1 unspecified atom stereocenters. The van der Waals surface area contributed by atoms with E-state index < -0.39 is 48.6 Å². The van der Waals surface area contributed by atoms with E-state index in [9.17, 15) is 35.9 Å². The number of alkyl halides is 6. The Morgan fingerprint density at radius 1 is 1.14 bits per heavy atom. The quantitative estimate of drug-likeness (QED) is 0.459. The third-order valence-electron chi connectivity index (χ3n) is 4.48. The van der Waals surface area contributed by atoms with E-state index in [2.05, 4.69) is 14.8 Å². The molecule has 2 atom stereocenters. The first kappa shape index (κ1) is 25.7. The normalized spacial score (nSPS) is 13.4. The molecule has 2 heterocycles. The zero-order valence-electron chi connectivity index (χ0n) is 17.4. The van der Waals surface area contributed by atoms with E-state index in [1.54, 1.807) is 0 Å². The Kier molecular flexibility index (Phi) is 7.74. The number of aliphatic hydroxyl groups is 1. The second kappa shape index (κ2) is 10.5. The second-order valence-electron chi connectivity index (χ2n) is 6.97. The highest BCUT2D eigenvalue weighted by atomic mass is 19.4. The van der Waals surface area contributed by atoms with Crippen molar-refractivity contribution in [1.29, 1.82) is 0 Å². The number of aliphatic hydroxyl groups excluding tert-OH is 1. The minimum absolute atomic E-state index is 0.0211. The molecule has 0 saturated carbocycles. The molecule has 186 valence electrons. The predicted octanol–water partition coefficient (Wildman–Crippen LogP) is 2.89. The predicted molar refractivity (Wildman–Crippen MR) is 109 cm³/mol. The van der Waals surface area contributed by atoms with Crippen molar-refractivity contribution in [2.45, 2.75) is 25.1 Å². The molecule has 14 heteroatoms. The average Bonchev–Trinajstić information content (AvgIpc) is 2.82. The molecular weight excluding hydrogens is 486 g/mol. The van der Waals surface area contributed by atoms with Crippen LogP contribution in [0.5, 0.6) is 5.75 Å². The van der Waals surface area contributed by atoms with Crippen molar-refractivity contribution in [2.75, 3.05) is 6.54 Å². The van der Waals surface area contributed by atoms with Gasteiger partial charge in [0.25, 0.3) is 17.8 Å². The first-order chi connectivity index (χ1) is 16.5. The fourth-order valence-corrected chi connectivity index (χ4v) is 2.74. The maximum absolute atomic E-state index is 13.1. The zero-order chi connectivity index (χ0) is 25.8. The SMILES string of the molecule is O=C(NC[C@H](O)C(F)(F)F)c1cc(-c2ccc(OC(F)C(F)F)cc2)nn(-c2cccnc2)c1=O. The van der Waals surface area contributed by atoms with Crippen molar-refractivity contribution in [3.8, 4) is 22.7 Å². The summed E-state index contributed by atoms with van der Waals surface area (Å²) in [5, 5.41) is 15.1. The van der Waals surface area contributed by atoms with Gasteiger partial charge in [-0.05, 0) is 42.5 Å². The fourth-order valence-electron chi connectivity index (χ4n) is 2.74. The van der Waals surface area contributed by atoms with Gasteiger partial charge in [0.1, 0.15) is 11.3 Å². The van der Waals surface area contributed by atoms with Gasteiger partial charge in [0.15, 0.2) is 6.10 Å². The molecule has 1 amide bonds. The highest BCUT2D eigenvalue weighted by Crippen LogP contribution is 2.23. The van der Waals surface area contributed by atoms with Crippen molar-refractivity contribution < 1.29 is 41.0 Å². The lowest BCUT2D eigenvalue weighted by molar-refractivity contribution is -0.201. The smallest absolute Gasteiger partial charge is 0.416 e. The summed E-state index contributed by atoms with van der Waals surface area (Å²) in [7, 11) is 0. The number of amides is 1. The Morgan fingerprint density at radius 2 is 1.83 bits per heavy atom. The third-order valence-corrected chi connectivity index (χ3v) is 4.48. The molecule has 0 fully saturated rings. The summed E-state index contributed by atoms with van der Waals surface area (Å²) in [6.45, 7) is -1.20. The summed E-state index contributed by atoms with van der Waals surface area (Å²) >= 11 is 0. The summed E-state index contributed by atoms with van der Waals surface area (Å²) in [6.07, 6.45) is -11.4. The number of benzene rings is 1. The largest absolute Gasteiger partial charge is 0.454 e. The van der Waals surface area contributed by atoms with E-state index in [0.717, 1.165) is 22.9 Å². The number of nitrogens with zero attached hydrogens (tertiary/aromatic N) is 3. The Labute approximate surface area is 192 Å². The minimum Gasteiger partial charge on any atom is -0.454 e. The highest BCUT2D eigenvalue weighted by molar-refractivity contribution is 5.94. The number of rotatable bonds is 8. The van der Waals surface area contributed by atoms with Gasteiger partial charge in [-0.1, -0.05) is 0 Å². The van der Waals surface area contributed by atoms with Gasteiger partial charge in [-0.3, -0.25) is 14.6 Å². The van der Waals surface area contributed by atoms with Crippen LogP contribution in [0.1, 0.15) is 10.4 Å². The van der Waals surface area contributed by atoms with E-state index in [1.165, 1.54) is 36.7 Å². The first-order valence-corrected chi connectivity index (χ1v) is 9.74. The van der Waals surface area contributed by atoms with Crippen molar-refractivity contribution in [3.63, 3.8) is 0 Å². The van der Waals surface area contributed by atoms with E-state index in [4.69, 9.17) is 5.11 Å². The standard InChI is InChI=1S/C21H16F6N4O4/c22-17(23)18(24)35-13-5-3-11(4-6-13)15-8-14(19(33)29-10-16(32)21(25,26)27)20(34)31(30-15)12-2-1-7-28-9-12/h1-9,16-18,32H,10H2,(H,29,33)/t16-,18?/m0/s1. The minimum atomic E-state index is -4.99. The Bertz CT molecular complexity index is 1220. The number of ether oxygens (including phenoxy) is 1. The maximum atomic E-state index is 13.1. The summed E-state index contributed by atoms with van der Waals surface area (Å²) in [5.41, 5.74) is -1.26. The Hall–Kier alpha value is -3.94. The number of carbonyl (C=O) groups is 1. The van der Waals surface area contributed by atoms with Crippen LogP contribution in [-0.2, 0) is 0 Å². The van der Waals surface area contributed by atoms with E-state index in [0.29, 0.717) is 0 Å².